The maximum absolute atomic E-state index is 12.9. The van der Waals surface area contributed by atoms with Crippen molar-refractivity contribution in [1.29, 1.82) is 0 Å². The van der Waals surface area contributed by atoms with Crippen LogP contribution in [0.2, 0.25) is 0 Å². The number of aromatic nitrogens is 1. The molecule has 1 aliphatic heterocycles. The van der Waals surface area contributed by atoms with Gasteiger partial charge in [-0.25, -0.2) is 0 Å². The third-order valence-electron chi connectivity index (χ3n) is 5.13. The van der Waals surface area contributed by atoms with Gasteiger partial charge in [-0.05, 0) is 42.9 Å². The molecule has 0 saturated carbocycles. The number of rotatable bonds is 4. The highest BCUT2D eigenvalue weighted by molar-refractivity contribution is 5.95. The molecule has 1 aromatic rings. The summed E-state index contributed by atoms with van der Waals surface area (Å²) in [5.74, 6) is -0.456. The number of nitrogens with zero attached hydrogens (tertiary/aromatic N) is 2. The quantitative estimate of drug-likeness (QED) is 0.769. The predicted octanol–water partition coefficient (Wildman–Crippen LogP) is 4.56. The summed E-state index contributed by atoms with van der Waals surface area (Å²) in [5, 5.41) is 0. The smallest absolute Gasteiger partial charge is 0.405 e. The van der Waals surface area contributed by atoms with E-state index in [1.54, 1.807) is 17.3 Å². The molecule has 1 aliphatic carbocycles. The second-order valence-corrected chi connectivity index (χ2v) is 7.29. The number of ether oxygens (including phenoxy) is 1. The van der Waals surface area contributed by atoms with E-state index in [1.165, 1.54) is 6.08 Å². The van der Waals surface area contributed by atoms with Gasteiger partial charge in [-0.15, -0.1) is 13.2 Å². The molecule has 0 radical (unpaired) electrons. The molecule has 1 fully saturated rings. The molecule has 3 rings (SSSR count). The van der Waals surface area contributed by atoms with Crippen molar-refractivity contribution in [2.75, 3.05) is 13.1 Å². The average molecular weight is 380 g/mol. The summed E-state index contributed by atoms with van der Waals surface area (Å²) in [6.07, 6.45) is 1.64. The van der Waals surface area contributed by atoms with Crippen molar-refractivity contribution < 1.29 is 22.7 Å². The van der Waals surface area contributed by atoms with Gasteiger partial charge in [0.25, 0.3) is 5.91 Å². The predicted molar refractivity (Wildman–Crippen MR) is 94.5 cm³/mol. The standard InChI is InChI=1S/C20H23F3N2O2/c1-13(2)14-5-6-17(18(10-14)27-20(21,22)23)19(26)25-9-7-16(12-25)15-4-3-8-24-11-15/h3-4,8,10-11,13,16H,5-7,9,12H2,1-2H3. The van der Waals surface area contributed by atoms with Crippen LogP contribution in [0.5, 0.6) is 0 Å². The Bertz CT molecular complexity index is 754. The Balaban J connectivity index is 1.81. The Morgan fingerprint density at radius 3 is 2.74 bits per heavy atom. The lowest BCUT2D eigenvalue weighted by molar-refractivity contribution is -0.303. The fourth-order valence-electron chi connectivity index (χ4n) is 3.63. The van der Waals surface area contributed by atoms with Crippen LogP contribution in [-0.4, -0.2) is 35.2 Å². The molecule has 1 unspecified atom stereocenters. The second-order valence-electron chi connectivity index (χ2n) is 7.29. The first-order chi connectivity index (χ1) is 12.7. The highest BCUT2D eigenvalue weighted by atomic mass is 19.4. The van der Waals surface area contributed by atoms with Crippen molar-refractivity contribution in [2.24, 2.45) is 5.92 Å². The monoisotopic (exact) mass is 380 g/mol. The molecule has 1 amide bonds. The number of halogens is 3. The van der Waals surface area contributed by atoms with Gasteiger partial charge in [0, 0.05) is 31.4 Å². The third kappa shape index (κ3) is 4.70. The Morgan fingerprint density at radius 1 is 1.33 bits per heavy atom. The molecule has 146 valence electrons. The van der Waals surface area contributed by atoms with Crippen molar-refractivity contribution in [2.45, 2.75) is 45.4 Å². The van der Waals surface area contributed by atoms with Crippen molar-refractivity contribution in [3.8, 4) is 0 Å². The van der Waals surface area contributed by atoms with Crippen LogP contribution in [0.15, 0.2) is 47.5 Å². The van der Waals surface area contributed by atoms with Crippen LogP contribution in [-0.2, 0) is 9.53 Å². The molecule has 1 saturated heterocycles. The summed E-state index contributed by atoms with van der Waals surface area (Å²) in [6.45, 7) is 4.83. The number of allylic oxidation sites excluding steroid dienone is 2. The Morgan fingerprint density at radius 2 is 2.11 bits per heavy atom. The van der Waals surface area contributed by atoms with Crippen molar-refractivity contribution >= 4 is 5.91 Å². The maximum atomic E-state index is 12.9. The highest BCUT2D eigenvalue weighted by Gasteiger charge is 2.37. The molecule has 0 bridgehead atoms. The number of alkyl halides is 3. The van der Waals surface area contributed by atoms with Gasteiger partial charge in [0.15, 0.2) is 0 Å². The number of pyridine rings is 1. The number of hydrogen-bond donors (Lipinski definition) is 0. The normalized spacial score (nSPS) is 20.9. The van der Waals surface area contributed by atoms with Crippen LogP contribution in [0.1, 0.15) is 44.6 Å². The van der Waals surface area contributed by atoms with Crippen LogP contribution >= 0.6 is 0 Å². The minimum atomic E-state index is -4.82. The van der Waals surface area contributed by atoms with Gasteiger partial charge >= 0.3 is 6.36 Å². The lowest BCUT2D eigenvalue weighted by Gasteiger charge is -2.25. The molecule has 0 spiro atoms. The van der Waals surface area contributed by atoms with E-state index in [1.807, 2.05) is 26.0 Å². The number of hydrogen-bond acceptors (Lipinski definition) is 3. The first-order valence-electron chi connectivity index (χ1n) is 9.13. The summed E-state index contributed by atoms with van der Waals surface area (Å²) in [5.41, 5.74) is 2.02. The van der Waals surface area contributed by atoms with Crippen LogP contribution in [0.4, 0.5) is 13.2 Å². The van der Waals surface area contributed by atoms with Gasteiger partial charge in [0.2, 0.25) is 0 Å². The van der Waals surface area contributed by atoms with Gasteiger partial charge in [0.05, 0.1) is 5.57 Å². The first kappa shape index (κ1) is 19.5. The summed E-state index contributed by atoms with van der Waals surface area (Å²) in [6, 6.07) is 3.80. The Hall–Kier alpha value is -2.31. The number of likely N-dealkylation sites (tertiary alicyclic amines) is 1. The van der Waals surface area contributed by atoms with E-state index >= 15 is 0 Å². The topological polar surface area (TPSA) is 42.4 Å². The van der Waals surface area contributed by atoms with Crippen molar-refractivity contribution in [1.82, 2.24) is 9.88 Å². The van der Waals surface area contributed by atoms with Gasteiger partial charge in [-0.2, -0.15) is 0 Å². The lowest BCUT2D eigenvalue weighted by atomic mass is 9.89. The summed E-state index contributed by atoms with van der Waals surface area (Å²) < 4.78 is 42.8. The first-order valence-corrected chi connectivity index (χ1v) is 9.13. The average Bonchev–Trinajstić information content (AvgIpc) is 3.10. The Labute approximate surface area is 156 Å². The van der Waals surface area contributed by atoms with Crippen molar-refractivity contribution in [3.63, 3.8) is 0 Å². The fraction of sp³-hybridized carbons (Fsp3) is 0.500. The number of carbonyl (C=O) groups is 1. The van der Waals surface area contributed by atoms with E-state index in [-0.39, 0.29) is 35.5 Å². The van der Waals surface area contributed by atoms with E-state index in [0.717, 1.165) is 17.6 Å². The van der Waals surface area contributed by atoms with Gasteiger partial charge in [0.1, 0.15) is 5.76 Å². The molecular weight excluding hydrogens is 357 g/mol. The van der Waals surface area contributed by atoms with Gasteiger partial charge in [-0.1, -0.05) is 25.5 Å². The molecule has 4 nitrogen and oxygen atoms in total. The molecule has 1 atom stereocenters. The van der Waals surface area contributed by atoms with E-state index in [9.17, 15) is 18.0 Å². The Kier molecular flexibility index (Phi) is 5.58. The van der Waals surface area contributed by atoms with E-state index in [0.29, 0.717) is 19.5 Å². The summed E-state index contributed by atoms with van der Waals surface area (Å²) in [7, 11) is 0. The minimum absolute atomic E-state index is 0.107. The zero-order valence-electron chi connectivity index (χ0n) is 15.4. The largest absolute Gasteiger partial charge is 0.573 e. The molecule has 7 heteroatoms. The maximum Gasteiger partial charge on any atom is 0.573 e. The minimum Gasteiger partial charge on any atom is -0.405 e. The van der Waals surface area contributed by atoms with E-state index in [4.69, 9.17) is 0 Å². The zero-order chi connectivity index (χ0) is 19.6. The number of carbonyl (C=O) groups excluding carboxylic acids is 1. The summed E-state index contributed by atoms with van der Waals surface area (Å²) in [4.78, 5) is 18.7. The van der Waals surface area contributed by atoms with E-state index in [2.05, 4.69) is 9.72 Å². The molecular formula is C20H23F3N2O2. The van der Waals surface area contributed by atoms with Crippen LogP contribution < -0.4 is 0 Å². The molecule has 0 N–H and O–H groups in total. The SMILES string of the molecule is CC(C)C1=CC(OC(F)(F)F)=C(C(=O)N2CCC(c3cccnc3)C2)CC1. The molecule has 2 aliphatic rings. The second kappa shape index (κ2) is 7.74. The lowest BCUT2D eigenvalue weighted by Crippen LogP contribution is -2.32. The highest BCUT2D eigenvalue weighted by Crippen LogP contribution is 2.35. The van der Waals surface area contributed by atoms with Crippen LogP contribution in [0.3, 0.4) is 0 Å². The third-order valence-corrected chi connectivity index (χ3v) is 5.13. The summed E-state index contributed by atoms with van der Waals surface area (Å²) >= 11 is 0. The van der Waals surface area contributed by atoms with Gasteiger partial charge in [-0.3, -0.25) is 9.78 Å². The van der Waals surface area contributed by atoms with Crippen LogP contribution in [0, 0.1) is 5.92 Å². The fourth-order valence-corrected chi connectivity index (χ4v) is 3.63. The molecule has 0 aromatic carbocycles. The van der Waals surface area contributed by atoms with Crippen molar-refractivity contribution in [3.05, 3.63) is 53.1 Å². The molecule has 2 heterocycles. The molecule has 1 aromatic heterocycles. The zero-order valence-corrected chi connectivity index (χ0v) is 15.4. The van der Waals surface area contributed by atoms with Gasteiger partial charge < -0.3 is 9.64 Å². The van der Waals surface area contributed by atoms with E-state index < -0.39 is 6.36 Å². The molecule has 27 heavy (non-hydrogen) atoms. The number of amides is 1. The van der Waals surface area contributed by atoms with Crippen LogP contribution in [0.25, 0.3) is 0 Å².